The molecular weight excluding hydrogens is 386 g/mol. The molecule has 29 heavy (non-hydrogen) atoms. The smallest absolute Gasteiger partial charge is 0.205 e. The topological polar surface area (TPSA) is 87.4 Å². The van der Waals surface area contributed by atoms with Gasteiger partial charge < -0.3 is 19.7 Å². The van der Waals surface area contributed by atoms with Gasteiger partial charge in [0, 0.05) is 57.2 Å². The van der Waals surface area contributed by atoms with Gasteiger partial charge in [-0.2, -0.15) is 4.37 Å². The monoisotopic (exact) mass is 417 g/mol. The van der Waals surface area contributed by atoms with Crippen LogP contribution in [-0.4, -0.2) is 67.2 Å². The number of aromatic nitrogens is 5. The van der Waals surface area contributed by atoms with Gasteiger partial charge in [-0.25, -0.2) is 9.98 Å². The molecule has 1 aliphatic heterocycles. The molecule has 1 saturated carbocycles. The molecule has 0 spiro atoms. The predicted molar refractivity (Wildman–Crippen MR) is 115 cm³/mol. The summed E-state index contributed by atoms with van der Waals surface area (Å²) < 4.78 is 6.44. The minimum absolute atomic E-state index is 0.531. The van der Waals surface area contributed by atoms with E-state index in [2.05, 4.69) is 41.6 Å². The van der Waals surface area contributed by atoms with Crippen LogP contribution >= 0.6 is 11.5 Å². The molecule has 2 aliphatic rings. The molecular formula is C19H31N9S. The molecule has 3 heterocycles. The molecule has 0 unspecified atom stereocenters. The molecule has 0 amide bonds. The normalized spacial score (nSPS) is 18.7. The van der Waals surface area contributed by atoms with Gasteiger partial charge in [-0.15, -0.1) is 10.2 Å². The van der Waals surface area contributed by atoms with Gasteiger partial charge in [-0.1, -0.05) is 19.8 Å². The first-order chi connectivity index (χ1) is 14.1. The van der Waals surface area contributed by atoms with E-state index in [9.17, 15) is 0 Å². The highest BCUT2D eigenvalue weighted by Crippen LogP contribution is 2.21. The number of guanidine groups is 1. The number of aryl methyl sites for hydroxylation is 2. The minimum Gasteiger partial charge on any atom is -0.353 e. The molecule has 158 valence electrons. The second kappa shape index (κ2) is 9.06. The lowest BCUT2D eigenvalue weighted by Gasteiger charge is -2.37. The van der Waals surface area contributed by atoms with Crippen molar-refractivity contribution in [3.8, 4) is 0 Å². The van der Waals surface area contributed by atoms with Crippen molar-refractivity contribution in [2.45, 2.75) is 58.5 Å². The van der Waals surface area contributed by atoms with Crippen molar-refractivity contribution < 1.29 is 0 Å². The summed E-state index contributed by atoms with van der Waals surface area (Å²) in [6.45, 7) is 8.34. The van der Waals surface area contributed by atoms with Crippen molar-refractivity contribution in [2.24, 2.45) is 12.0 Å². The Kier molecular flexibility index (Phi) is 6.27. The third kappa shape index (κ3) is 4.68. The van der Waals surface area contributed by atoms with Crippen LogP contribution in [0.5, 0.6) is 0 Å². The van der Waals surface area contributed by atoms with Gasteiger partial charge in [0.1, 0.15) is 18.2 Å². The number of rotatable bonds is 5. The Morgan fingerprint density at radius 2 is 1.93 bits per heavy atom. The zero-order valence-electron chi connectivity index (χ0n) is 17.6. The van der Waals surface area contributed by atoms with E-state index in [0.717, 1.165) is 61.2 Å². The fourth-order valence-electron chi connectivity index (χ4n) is 3.85. The molecule has 4 rings (SSSR count). The van der Waals surface area contributed by atoms with Crippen LogP contribution in [0.4, 0.5) is 5.13 Å². The number of nitrogens with zero attached hydrogens (tertiary/aromatic N) is 8. The number of hydrogen-bond acceptors (Lipinski definition) is 7. The van der Waals surface area contributed by atoms with Gasteiger partial charge in [-0.05, 0) is 19.8 Å². The number of anilines is 1. The molecule has 0 radical (unpaired) electrons. The van der Waals surface area contributed by atoms with Crippen LogP contribution in [0.2, 0.25) is 0 Å². The Labute approximate surface area is 176 Å². The summed E-state index contributed by atoms with van der Waals surface area (Å²) in [6, 6.07) is 0.531. The van der Waals surface area contributed by atoms with Crippen molar-refractivity contribution in [3.63, 3.8) is 0 Å². The fraction of sp³-hybridized carbons (Fsp3) is 0.737. The Hall–Kier alpha value is -2.23. The first kappa shape index (κ1) is 20.1. The lowest BCUT2D eigenvalue weighted by Crippen LogP contribution is -2.54. The average molecular weight is 418 g/mol. The molecule has 0 aromatic carbocycles. The predicted octanol–water partition coefficient (Wildman–Crippen LogP) is 1.75. The van der Waals surface area contributed by atoms with Crippen LogP contribution in [-0.2, 0) is 20.0 Å². The largest absolute Gasteiger partial charge is 0.353 e. The van der Waals surface area contributed by atoms with Gasteiger partial charge in [0.05, 0.1) is 0 Å². The summed E-state index contributed by atoms with van der Waals surface area (Å²) in [7, 11) is 2.00. The van der Waals surface area contributed by atoms with Gasteiger partial charge in [-0.3, -0.25) is 0 Å². The summed E-state index contributed by atoms with van der Waals surface area (Å²) >= 11 is 1.51. The lowest BCUT2D eigenvalue weighted by atomic mass is 10.2. The quantitative estimate of drug-likeness (QED) is 0.586. The van der Waals surface area contributed by atoms with E-state index < -0.39 is 0 Å². The molecule has 1 aliphatic carbocycles. The van der Waals surface area contributed by atoms with Crippen molar-refractivity contribution in [1.29, 1.82) is 0 Å². The van der Waals surface area contributed by atoms with Crippen molar-refractivity contribution in [2.75, 3.05) is 31.1 Å². The zero-order valence-corrected chi connectivity index (χ0v) is 18.5. The SMILES string of the molecule is CCc1nsc(N2CCN(C(=NCc3nnc(C)n3C)NC3CCCC3)CC2)n1. The van der Waals surface area contributed by atoms with Gasteiger partial charge >= 0.3 is 0 Å². The maximum Gasteiger partial charge on any atom is 0.205 e. The van der Waals surface area contributed by atoms with Crippen LogP contribution < -0.4 is 10.2 Å². The molecule has 9 nitrogen and oxygen atoms in total. The Morgan fingerprint density at radius 1 is 1.17 bits per heavy atom. The zero-order chi connectivity index (χ0) is 20.2. The van der Waals surface area contributed by atoms with E-state index in [-0.39, 0.29) is 0 Å². The highest BCUT2D eigenvalue weighted by atomic mass is 32.1. The highest BCUT2D eigenvalue weighted by molar-refractivity contribution is 7.09. The molecule has 2 fully saturated rings. The third-order valence-corrected chi connectivity index (χ3v) is 6.68. The first-order valence-corrected chi connectivity index (χ1v) is 11.4. The molecule has 1 N–H and O–H groups in total. The van der Waals surface area contributed by atoms with E-state index in [4.69, 9.17) is 4.99 Å². The Balaban J connectivity index is 1.43. The van der Waals surface area contributed by atoms with Crippen LogP contribution in [0.1, 0.15) is 50.1 Å². The van der Waals surface area contributed by atoms with Gasteiger partial charge in [0.2, 0.25) is 5.13 Å². The second-order valence-electron chi connectivity index (χ2n) is 7.81. The van der Waals surface area contributed by atoms with Gasteiger partial charge in [0.25, 0.3) is 0 Å². The molecule has 2 aromatic rings. The summed E-state index contributed by atoms with van der Waals surface area (Å²) in [5.41, 5.74) is 0. The molecule has 0 atom stereocenters. The lowest BCUT2D eigenvalue weighted by molar-refractivity contribution is 0.364. The summed E-state index contributed by atoms with van der Waals surface area (Å²) in [5.74, 6) is 3.76. The van der Waals surface area contributed by atoms with E-state index >= 15 is 0 Å². The van der Waals surface area contributed by atoms with Crippen molar-refractivity contribution in [1.82, 2.24) is 34.3 Å². The standard InChI is InChI=1S/C19H31N9S/c1-4-16-22-19(29-25-16)28-11-9-27(10-12-28)18(21-15-7-5-6-8-15)20-13-17-24-23-14(2)26(17)3/h15H,4-13H2,1-3H3,(H,20,21). The fourth-order valence-corrected chi connectivity index (χ4v) is 4.65. The highest BCUT2D eigenvalue weighted by Gasteiger charge is 2.25. The summed E-state index contributed by atoms with van der Waals surface area (Å²) in [4.78, 5) is 14.3. The molecule has 0 bridgehead atoms. The molecule has 1 saturated heterocycles. The Bertz CT molecular complexity index is 829. The summed E-state index contributed by atoms with van der Waals surface area (Å²) in [6.07, 6.45) is 5.95. The van der Waals surface area contributed by atoms with Crippen LogP contribution in [0.3, 0.4) is 0 Å². The Morgan fingerprint density at radius 3 is 2.55 bits per heavy atom. The number of nitrogens with one attached hydrogen (secondary N) is 1. The van der Waals surface area contributed by atoms with E-state index in [0.29, 0.717) is 12.6 Å². The van der Waals surface area contributed by atoms with E-state index in [1.54, 1.807) is 0 Å². The van der Waals surface area contributed by atoms with Crippen molar-refractivity contribution in [3.05, 3.63) is 17.5 Å². The van der Waals surface area contributed by atoms with Crippen molar-refractivity contribution >= 4 is 22.6 Å². The van der Waals surface area contributed by atoms with E-state index in [1.807, 2.05) is 18.5 Å². The maximum absolute atomic E-state index is 4.93. The minimum atomic E-state index is 0.531. The van der Waals surface area contributed by atoms with Crippen LogP contribution in [0, 0.1) is 6.92 Å². The third-order valence-electron chi connectivity index (χ3n) is 5.86. The second-order valence-corrected chi connectivity index (χ2v) is 8.54. The molecule has 10 heteroatoms. The molecule has 2 aromatic heterocycles. The average Bonchev–Trinajstić information content (AvgIpc) is 3.49. The maximum atomic E-state index is 4.93. The number of hydrogen-bond donors (Lipinski definition) is 1. The number of aliphatic imine (C=N–C) groups is 1. The van der Waals surface area contributed by atoms with Crippen LogP contribution in [0.15, 0.2) is 4.99 Å². The van der Waals surface area contributed by atoms with E-state index in [1.165, 1.54) is 37.2 Å². The van der Waals surface area contributed by atoms with Gasteiger partial charge in [0.15, 0.2) is 11.8 Å². The van der Waals surface area contributed by atoms with Crippen LogP contribution in [0.25, 0.3) is 0 Å². The summed E-state index contributed by atoms with van der Waals surface area (Å²) in [5, 5.41) is 13.2. The number of piperazine rings is 1. The first-order valence-electron chi connectivity index (χ1n) is 10.6.